The van der Waals surface area contributed by atoms with Crippen LogP contribution in [0.25, 0.3) is 16.9 Å². The molecule has 3 aromatic rings. The number of alkyl halides is 1. The lowest BCUT2D eigenvalue weighted by Gasteiger charge is -1.98. The Balaban J connectivity index is 2.04. The third-order valence-corrected chi connectivity index (χ3v) is 3.65. The summed E-state index contributed by atoms with van der Waals surface area (Å²) in [5.41, 5.74) is 5.51. The van der Waals surface area contributed by atoms with Gasteiger partial charge in [0.15, 0.2) is 0 Å². The third kappa shape index (κ3) is 2.36. The Hall–Kier alpha value is -1.80. The van der Waals surface area contributed by atoms with Crippen LogP contribution in [0.3, 0.4) is 0 Å². The van der Waals surface area contributed by atoms with E-state index in [0.29, 0.717) is 5.88 Å². The lowest BCUT2D eigenvalue weighted by atomic mass is 10.1. The van der Waals surface area contributed by atoms with Crippen LogP contribution in [0.2, 0.25) is 0 Å². The van der Waals surface area contributed by atoms with Gasteiger partial charge >= 0.3 is 0 Å². The number of rotatable bonds is 3. The van der Waals surface area contributed by atoms with Gasteiger partial charge in [-0.05, 0) is 29.7 Å². The van der Waals surface area contributed by atoms with Gasteiger partial charge in [0.25, 0.3) is 0 Å². The van der Waals surface area contributed by atoms with Gasteiger partial charge < -0.3 is 4.40 Å². The van der Waals surface area contributed by atoms with E-state index in [0.717, 1.165) is 28.9 Å². The predicted molar refractivity (Wildman–Crippen MR) is 79.6 cm³/mol. The predicted octanol–water partition coefficient (Wildman–Crippen LogP) is 4.30. The van der Waals surface area contributed by atoms with Crippen molar-refractivity contribution in [1.29, 1.82) is 0 Å². The van der Waals surface area contributed by atoms with E-state index in [1.54, 1.807) is 0 Å². The molecule has 3 rings (SSSR count). The number of imidazole rings is 1. The molecule has 0 bridgehead atoms. The summed E-state index contributed by atoms with van der Waals surface area (Å²) in [4.78, 5) is 4.65. The van der Waals surface area contributed by atoms with E-state index < -0.39 is 0 Å². The molecule has 96 valence electrons. The van der Waals surface area contributed by atoms with Crippen LogP contribution in [0, 0.1) is 0 Å². The number of hydrogen-bond acceptors (Lipinski definition) is 1. The second-order valence-corrected chi connectivity index (χ2v) is 4.88. The van der Waals surface area contributed by atoms with Crippen LogP contribution in [-0.4, -0.2) is 9.38 Å². The molecule has 0 spiro atoms. The average Bonchev–Trinajstić information content (AvgIpc) is 2.90. The standard InChI is InChI=1S/C16H15ClN2/c1-2-12-3-5-14(6-4-12)15-11-19-8-7-13(10-17)9-16(19)18-15/h3-9,11H,2,10H2,1H3. The van der Waals surface area contributed by atoms with Gasteiger partial charge in [-0.2, -0.15) is 0 Å². The van der Waals surface area contributed by atoms with Crippen LogP contribution in [0.4, 0.5) is 0 Å². The molecule has 19 heavy (non-hydrogen) atoms. The smallest absolute Gasteiger partial charge is 0.137 e. The minimum Gasteiger partial charge on any atom is -0.306 e. The molecule has 2 nitrogen and oxygen atoms in total. The molecule has 3 heteroatoms. The zero-order valence-corrected chi connectivity index (χ0v) is 11.6. The number of pyridine rings is 1. The highest BCUT2D eigenvalue weighted by atomic mass is 35.5. The summed E-state index contributed by atoms with van der Waals surface area (Å²) in [5.74, 6) is 0.518. The Kier molecular flexibility index (Phi) is 3.26. The van der Waals surface area contributed by atoms with Crippen molar-refractivity contribution >= 4 is 17.2 Å². The van der Waals surface area contributed by atoms with Gasteiger partial charge in [0.1, 0.15) is 5.65 Å². The molecular weight excluding hydrogens is 256 g/mol. The first-order chi connectivity index (χ1) is 9.30. The monoisotopic (exact) mass is 270 g/mol. The van der Waals surface area contributed by atoms with Gasteiger partial charge in [0.2, 0.25) is 0 Å². The Bertz CT molecular complexity index is 698. The molecule has 0 unspecified atom stereocenters. The molecule has 0 saturated carbocycles. The van der Waals surface area contributed by atoms with E-state index >= 15 is 0 Å². The minimum absolute atomic E-state index is 0.518. The summed E-state index contributed by atoms with van der Waals surface area (Å²) < 4.78 is 2.03. The van der Waals surface area contributed by atoms with Crippen molar-refractivity contribution in [3.8, 4) is 11.3 Å². The van der Waals surface area contributed by atoms with Crippen molar-refractivity contribution < 1.29 is 0 Å². The molecule has 0 aliphatic rings. The first-order valence-electron chi connectivity index (χ1n) is 6.43. The molecule has 2 heterocycles. The van der Waals surface area contributed by atoms with Crippen LogP contribution < -0.4 is 0 Å². The Morgan fingerprint density at radius 1 is 1.11 bits per heavy atom. The largest absolute Gasteiger partial charge is 0.306 e. The highest BCUT2D eigenvalue weighted by molar-refractivity contribution is 6.17. The molecule has 0 radical (unpaired) electrons. The third-order valence-electron chi connectivity index (χ3n) is 3.34. The summed E-state index contributed by atoms with van der Waals surface area (Å²) in [6.45, 7) is 2.16. The molecule has 0 saturated heterocycles. The maximum absolute atomic E-state index is 5.85. The Morgan fingerprint density at radius 3 is 2.58 bits per heavy atom. The lowest BCUT2D eigenvalue weighted by molar-refractivity contribution is 1.14. The van der Waals surface area contributed by atoms with E-state index in [9.17, 15) is 0 Å². The molecule has 0 aliphatic heterocycles. The molecule has 0 amide bonds. The molecule has 2 aromatic heterocycles. The summed E-state index contributed by atoms with van der Waals surface area (Å²) in [6.07, 6.45) is 5.11. The summed E-state index contributed by atoms with van der Waals surface area (Å²) in [7, 11) is 0. The van der Waals surface area contributed by atoms with Gasteiger partial charge in [-0.1, -0.05) is 31.2 Å². The number of aryl methyl sites for hydroxylation is 1. The second kappa shape index (κ2) is 5.06. The fourth-order valence-corrected chi connectivity index (χ4v) is 2.32. The SMILES string of the molecule is CCc1ccc(-c2cn3ccc(CCl)cc3n2)cc1. The first-order valence-corrected chi connectivity index (χ1v) is 6.96. The quantitative estimate of drug-likeness (QED) is 0.649. The van der Waals surface area contributed by atoms with Crippen molar-refractivity contribution in [2.24, 2.45) is 0 Å². The summed E-state index contributed by atoms with van der Waals surface area (Å²) >= 11 is 5.85. The molecule has 0 atom stereocenters. The van der Waals surface area contributed by atoms with E-state index in [2.05, 4.69) is 36.2 Å². The maximum atomic E-state index is 5.85. The highest BCUT2D eigenvalue weighted by Crippen LogP contribution is 2.20. The fraction of sp³-hybridized carbons (Fsp3) is 0.188. The van der Waals surface area contributed by atoms with Gasteiger partial charge in [-0.3, -0.25) is 0 Å². The van der Waals surface area contributed by atoms with E-state index in [4.69, 9.17) is 11.6 Å². The summed E-state index contributed by atoms with van der Waals surface area (Å²) in [6, 6.07) is 12.6. The Morgan fingerprint density at radius 2 is 1.89 bits per heavy atom. The van der Waals surface area contributed by atoms with Gasteiger partial charge in [-0.15, -0.1) is 11.6 Å². The topological polar surface area (TPSA) is 17.3 Å². The van der Waals surface area contributed by atoms with Crippen molar-refractivity contribution in [2.75, 3.05) is 0 Å². The minimum atomic E-state index is 0.518. The lowest BCUT2D eigenvalue weighted by Crippen LogP contribution is -1.84. The van der Waals surface area contributed by atoms with E-state index in [1.807, 2.05) is 28.9 Å². The number of hydrogen-bond donors (Lipinski definition) is 0. The maximum Gasteiger partial charge on any atom is 0.137 e. The van der Waals surface area contributed by atoms with Crippen molar-refractivity contribution in [2.45, 2.75) is 19.2 Å². The van der Waals surface area contributed by atoms with Crippen molar-refractivity contribution in [3.63, 3.8) is 0 Å². The van der Waals surface area contributed by atoms with Crippen LogP contribution in [0.1, 0.15) is 18.1 Å². The Labute approximate surface area is 117 Å². The van der Waals surface area contributed by atoms with E-state index in [-0.39, 0.29) is 0 Å². The molecule has 0 aliphatic carbocycles. The normalized spacial score (nSPS) is 11.1. The van der Waals surface area contributed by atoms with Crippen molar-refractivity contribution in [1.82, 2.24) is 9.38 Å². The van der Waals surface area contributed by atoms with E-state index in [1.165, 1.54) is 5.56 Å². The van der Waals surface area contributed by atoms with Crippen LogP contribution in [0.15, 0.2) is 48.8 Å². The molecular formula is C16H15ClN2. The van der Waals surface area contributed by atoms with Crippen LogP contribution in [-0.2, 0) is 12.3 Å². The van der Waals surface area contributed by atoms with Gasteiger partial charge in [0, 0.05) is 23.8 Å². The van der Waals surface area contributed by atoms with Crippen LogP contribution in [0.5, 0.6) is 0 Å². The van der Waals surface area contributed by atoms with Crippen molar-refractivity contribution in [3.05, 3.63) is 59.9 Å². The zero-order valence-electron chi connectivity index (χ0n) is 10.8. The number of nitrogens with zero attached hydrogens (tertiary/aromatic N) is 2. The second-order valence-electron chi connectivity index (χ2n) is 4.61. The molecule has 0 N–H and O–H groups in total. The number of benzene rings is 1. The van der Waals surface area contributed by atoms with Crippen LogP contribution >= 0.6 is 11.6 Å². The number of fused-ring (bicyclic) bond motifs is 1. The number of aromatic nitrogens is 2. The van der Waals surface area contributed by atoms with Gasteiger partial charge in [-0.25, -0.2) is 4.98 Å². The molecule has 1 aromatic carbocycles. The summed E-state index contributed by atoms with van der Waals surface area (Å²) in [5, 5.41) is 0. The zero-order chi connectivity index (χ0) is 13.2. The number of halogens is 1. The first kappa shape index (κ1) is 12.2. The molecule has 0 fully saturated rings. The average molecular weight is 271 g/mol. The van der Waals surface area contributed by atoms with Gasteiger partial charge in [0.05, 0.1) is 5.69 Å². The highest BCUT2D eigenvalue weighted by Gasteiger charge is 2.04. The fourth-order valence-electron chi connectivity index (χ4n) is 2.16.